The largest absolute Gasteiger partial charge is 0.307 e. The van der Waals surface area contributed by atoms with E-state index in [1.165, 1.54) is 5.69 Å². The van der Waals surface area contributed by atoms with Crippen LogP contribution < -0.4 is 5.32 Å². The molecule has 0 aromatic carbocycles. The molecule has 0 amide bonds. The second-order valence-corrected chi connectivity index (χ2v) is 4.11. The summed E-state index contributed by atoms with van der Waals surface area (Å²) < 4.78 is 1.96. The van der Waals surface area contributed by atoms with E-state index in [1.807, 2.05) is 4.68 Å². The molecule has 0 aliphatic carbocycles. The van der Waals surface area contributed by atoms with Crippen LogP contribution in [-0.4, -0.2) is 16.1 Å². The van der Waals surface area contributed by atoms with Crippen LogP contribution in [-0.2, 0) is 19.6 Å². The Morgan fingerprint density at radius 1 is 1.57 bits per heavy atom. The van der Waals surface area contributed by atoms with E-state index in [-0.39, 0.29) is 0 Å². The van der Waals surface area contributed by atoms with E-state index in [4.69, 9.17) is 0 Å². The van der Waals surface area contributed by atoms with Gasteiger partial charge in [-0.05, 0) is 5.92 Å². The van der Waals surface area contributed by atoms with Crippen molar-refractivity contribution >= 4 is 6.29 Å². The lowest BCUT2D eigenvalue weighted by molar-refractivity contribution is 0.111. The first-order chi connectivity index (χ1) is 6.72. The van der Waals surface area contributed by atoms with Gasteiger partial charge in [-0.3, -0.25) is 9.48 Å². The summed E-state index contributed by atoms with van der Waals surface area (Å²) in [5.74, 6) is 0.555. The van der Waals surface area contributed by atoms with Crippen molar-refractivity contribution < 1.29 is 4.79 Å². The molecule has 4 nitrogen and oxygen atoms in total. The Kier molecular flexibility index (Phi) is 2.37. The van der Waals surface area contributed by atoms with Gasteiger partial charge in [-0.1, -0.05) is 13.8 Å². The third kappa shape index (κ3) is 1.46. The summed E-state index contributed by atoms with van der Waals surface area (Å²) in [6, 6.07) is 0. The van der Waals surface area contributed by atoms with Gasteiger partial charge in [0.25, 0.3) is 0 Å². The predicted molar refractivity (Wildman–Crippen MR) is 53.0 cm³/mol. The minimum absolute atomic E-state index is 0.555. The number of nitrogens with one attached hydrogen (secondary N) is 1. The van der Waals surface area contributed by atoms with Gasteiger partial charge in [-0.2, -0.15) is 5.10 Å². The summed E-state index contributed by atoms with van der Waals surface area (Å²) in [5.41, 5.74) is 2.87. The maximum Gasteiger partial charge on any atom is 0.170 e. The Morgan fingerprint density at radius 2 is 2.36 bits per heavy atom. The van der Waals surface area contributed by atoms with Gasteiger partial charge in [0.05, 0.1) is 5.69 Å². The molecule has 0 fully saturated rings. The summed E-state index contributed by atoms with van der Waals surface area (Å²) >= 11 is 0. The Morgan fingerprint density at radius 3 is 3.00 bits per heavy atom. The van der Waals surface area contributed by atoms with Crippen molar-refractivity contribution in [3.63, 3.8) is 0 Å². The third-order valence-electron chi connectivity index (χ3n) is 2.44. The van der Waals surface area contributed by atoms with Crippen molar-refractivity contribution in [1.82, 2.24) is 15.1 Å². The number of fused-ring (bicyclic) bond motifs is 1. The highest BCUT2D eigenvalue weighted by molar-refractivity contribution is 5.75. The van der Waals surface area contributed by atoms with Gasteiger partial charge in [0.2, 0.25) is 0 Å². The van der Waals surface area contributed by atoms with Gasteiger partial charge in [-0.15, -0.1) is 0 Å². The lowest BCUT2D eigenvalue weighted by Crippen LogP contribution is -2.12. The molecule has 76 valence electrons. The topological polar surface area (TPSA) is 46.9 Å². The highest BCUT2D eigenvalue weighted by Gasteiger charge is 2.21. The van der Waals surface area contributed by atoms with E-state index in [2.05, 4.69) is 24.3 Å². The van der Waals surface area contributed by atoms with Crippen molar-refractivity contribution in [2.45, 2.75) is 33.5 Å². The second kappa shape index (κ2) is 3.53. The Hall–Kier alpha value is -1.16. The molecule has 0 bridgehead atoms. The molecule has 0 radical (unpaired) electrons. The smallest absolute Gasteiger partial charge is 0.170 e. The number of aldehydes is 1. The molecule has 0 atom stereocenters. The van der Waals surface area contributed by atoms with Crippen LogP contribution in [0.25, 0.3) is 0 Å². The van der Waals surface area contributed by atoms with Gasteiger partial charge < -0.3 is 5.32 Å². The molecule has 0 saturated heterocycles. The van der Waals surface area contributed by atoms with Crippen molar-refractivity contribution in [2.75, 3.05) is 0 Å². The average molecular weight is 193 g/mol. The SMILES string of the molecule is CC(C)Cn1nc(C=O)c2c1CNC2. The quantitative estimate of drug-likeness (QED) is 0.727. The standard InChI is InChI=1S/C10H15N3O/c1-7(2)5-13-10-4-11-3-8(10)9(6-14)12-13/h6-7,11H,3-5H2,1-2H3. The molecule has 2 heterocycles. The zero-order chi connectivity index (χ0) is 10.1. The monoisotopic (exact) mass is 193 g/mol. The fourth-order valence-electron chi connectivity index (χ4n) is 1.84. The molecular weight excluding hydrogens is 178 g/mol. The third-order valence-corrected chi connectivity index (χ3v) is 2.44. The number of rotatable bonds is 3. The first-order valence-corrected chi connectivity index (χ1v) is 4.96. The van der Waals surface area contributed by atoms with Gasteiger partial charge in [0, 0.05) is 25.2 Å². The molecular formula is C10H15N3O. The van der Waals surface area contributed by atoms with Crippen molar-refractivity contribution in [3.05, 3.63) is 17.0 Å². The summed E-state index contributed by atoms with van der Waals surface area (Å²) in [4.78, 5) is 10.8. The van der Waals surface area contributed by atoms with Crippen molar-refractivity contribution in [1.29, 1.82) is 0 Å². The molecule has 2 rings (SSSR count). The highest BCUT2D eigenvalue weighted by atomic mass is 16.1. The molecule has 1 aliphatic heterocycles. The number of carbonyl (C=O) groups is 1. The van der Waals surface area contributed by atoms with E-state index < -0.39 is 0 Å². The Balaban J connectivity index is 2.36. The molecule has 0 saturated carbocycles. The molecule has 1 aromatic heterocycles. The lowest BCUT2D eigenvalue weighted by atomic mass is 10.2. The molecule has 0 spiro atoms. The van der Waals surface area contributed by atoms with Crippen LogP contribution in [0.1, 0.15) is 35.6 Å². The number of carbonyl (C=O) groups excluding carboxylic acids is 1. The van der Waals surface area contributed by atoms with E-state index >= 15 is 0 Å². The van der Waals surface area contributed by atoms with Crippen LogP contribution in [0.15, 0.2) is 0 Å². The van der Waals surface area contributed by atoms with E-state index in [0.29, 0.717) is 11.6 Å². The van der Waals surface area contributed by atoms with Gasteiger partial charge in [-0.25, -0.2) is 0 Å². The number of hydrogen-bond acceptors (Lipinski definition) is 3. The van der Waals surface area contributed by atoms with Crippen LogP contribution in [0, 0.1) is 5.92 Å². The highest BCUT2D eigenvalue weighted by Crippen LogP contribution is 2.19. The van der Waals surface area contributed by atoms with E-state index in [0.717, 1.165) is 31.5 Å². The maximum absolute atomic E-state index is 10.8. The first kappa shape index (κ1) is 9.40. The Bertz CT molecular complexity index is 354. The fourth-order valence-corrected chi connectivity index (χ4v) is 1.84. The normalized spacial score (nSPS) is 14.8. The second-order valence-electron chi connectivity index (χ2n) is 4.11. The lowest BCUT2D eigenvalue weighted by Gasteiger charge is -2.07. The molecule has 1 N–H and O–H groups in total. The first-order valence-electron chi connectivity index (χ1n) is 4.96. The Labute approximate surface area is 83.3 Å². The predicted octanol–water partition coefficient (Wildman–Crippen LogP) is 0.955. The maximum atomic E-state index is 10.8. The summed E-state index contributed by atoms with van der Waals surface area (Å²) in [5, 5.41) is 7.54. The molecule has 0 unspecified atom stereocenters. The van der Waals surface area contributed by atoms with Gasteiger partial charge >= 0.3 is 0 Å². The van der Waals surface area contributed by atoms with Crippen LogP contribution >= 0.6 is 0 Å². The summed E-state index contributed by atoms with van der Waals surface area (Å²) in [6.45, 7) is 6.80. The van der Waals surface area contributed by atoms with Crippen LogP contribution in [0.5, 0.6) is 0 Å². The zero-order valence-electron chi connectivity index (χ0n) is 8.58. The number of hydrogen-bond donors (Lipinski definition) is 1. The van der Waals surface area contributed by atoms with Crippen LogP contribution in [0.4, 0.5) is 0 Å². The minimum atomic E-state index is 0.555. The summed E-state index contributed by atoms with van der Waals surface area (Å²) in [7, 11) is 0. The number of aromatic nitrogens is 2. The van der Waals surface area contributed by atoms with Crippen molar-refractivity contribution in [2.24, 2.45) is 5.92 Å². The van der Waals surface area contributed by atoms with Crippen molar-refractivity contribution in [3.8, 4) is 0 Å². The van der Waals surface area contributed by atoms with Crippen LogP contribution in [0.2, 0.25) is 0 Å². The fraction of sp³-hybridized carbons (Fsp3) is 0.600. The van der Waals surface area contributed by atoms with Crippen LogP contribution in [0.3, 0.4) is 0 Å². The van der Waals surface area contributed by atoms with E-state index in [1.54, 1.807) is 0 Å². The van der Waals surface area contributed by atoms with Gasteiger partial charge in [0.15, 0.2) is 6.29 Å². The minimum Gasteiger partial charge on any atom is -0.307 e. The molecule has 1 aliphatic rings. The van der Waals surface area contributed by atoms with Gasteiger partial charge in [0.1, 0.15) is 5.69 Å². The zero-order valence-corrected chi connectivity index (χ0v) is 8.58. The molecule has 4 heteroatoms. The molecule has 1 aromatic rings. The average Bonchev–Trinajstić information content (AvgIpc) is 2.67. The summed E-state index contributed by atoms with van der Waals surface area (Å²) in [6.07, 6.45) is 0.850. The van der Waals surface area contributed by atoms with E-state index in [9.17, 15) is 4.79 Å². The molecule has 14 heavy (non-hydrogen) atoms. The number of nitrogens with zero attached hydrogens (tertiary/aromatic N) is 2.